The van der Waals surface area contributed by atoms with Gasteiger partial charge in [-0.05, 0) is 46.3 Å². The molecule has 0 saturated heterocycles. The number of hydrogen-bond acceptors (Lipinski definition) is 2. The van der Waals surface area contributed by atoms with Crippen molar-refractivity contribution < 1.29 is 9.18 Å². The van der Waals surface area contributed by atoms with Gasteiger partial charge < -0.3 is 5.32 Å². The molecule has 1 aromatic heterocycles. The molecule has 18 heavy (non-hydrogen) atoms. The molecule has 0 unspecified atom stereocenters. The zero-order valence-corrected chi connectivity index (χ0v) is 11.3. The number of pyridine rings is 1. The number of nitrogens with zero attached hydrogens (tertiary/aromatic N) is 1. The van der Waals surface area contributed by atoms with Crippen LogP contribution in [0.3, 0.4) is 0 Å². The van der Waals surface area contributed by atoms with E-state index in [0.29, 0.717) is 15.2 Å². The third kappa shape index (κ3) is 3.05. The second-order valence-corrected chi connectivity index (χ2v) is 4.74. The fourth-order valence-electron chi connectivity index (χ4n) is 1.28. The van der Waals surface area contributed by atoms with Gasteiger partial charge in [0.2, 0.25) is 0 Å². The molecule has 0 fully saturated rings. The number of nitrogens with one attached hydrogen (secondary N) is 1. The fraction of sp³-hybridized carbons (Fsp3) is 0. The molecule has 6 heteroatoms. The number of carbonyl (C=O) groups is 1. The average Bonchev–Trinajstić information content (AvgIpc) is 2.34. The Kier molecular flexibility index (Phi) is 3.93. The maximum atomic E-state index is 13.3. The molecule has 1 amide bonds. The summed E-state index contributed by atoms with van der Waals surface area (Å²) in [6.07, 6.45) is 1.37. The van der Waals surface area contributed by atoms with Crippen LogP contribution in [0, 0.1) is 5.82 Å². The van der Waals surface area contributed by atoms with Crippen molar-refractivity contribution in [2.45, 2.75) is 0 Å². The minimum absolute atomic E-state index is 0.211. The standard InChI is InChI=1S/C12H7BrClFN2O/c13-9-3-2-8(5-10(9)15)17-12(18)11-4-1-7(14)6-16-11/h1-6H,(H,17,18). The lowest BCUT2D eigenvalue weighted by atomic mass is 10.3. The van der Waals surface area contributed by atoms with Crippen molar-refractivity contribution in [3.8, 4) is 0 Å². The van der Waals surface area contributed by atoms with Gasteiger partial charge in [0, 0.05) is 11.9 Å². The van der Waals surface area contributed by atoms with Crippen molar-refractivity contribution in [2.24, 2.45) is 0 Å². The third-order valence-corrected chi connectivity index (χ3v) is 3.00. The Hall–Kier alpha value is -1.46. The van der Waals surface area contributed by atoms with Crippen LogP contribution < -0.4 is 5.32 Å². The summed E-state index contributed by atoms with van der Waals surface area (Å²) in [6, 6.07) is 7.37. The monoisotopic (exact) mass is 328 g/mol. The van der Waals surface area contributed by atoms with Gasteiger partial charge in [-0.1, -0.05) is 11.6 Å². The zero-order valence-electron chi connectivity index (χ0n) is 8.95. The van der Waals surface area contributed by atoms with Crippen molar-refractivity contribution in [3.63, 3.8) is 0 Å². The van der Waals surface area contributed by atoms with Crippen molar-refractivity contribution in [3.05, 3.63) is 57.5 Å². The number of hydrogen-bond donors (Lipinski definition) is 1. The Morgan fingerprint density at radius 3 is 2.72 bits per heavy atom. The number of benzene rings is 1. The average molecular weight is 330 g/mol. The SMILES string of the molecule is O=C(Nc1ccc(Br)c(F)c1)c1ccc(Cl)cn1. The first kappa shape index (κ1) is 13.0. The molecule has 0 aliphatic rings. The second-order valence-electron chi connectivity index (χ2n) is 3.44. The summed E-state index contributed by atoms with van der Waals surface area (Å²) in [4.78, 5) is 15.6. The smallest absolute Gasteiger partial charge is 0.274 e. The Morgan fingerprint density at radius 2 is 2.11 bits per heavy atom. The van der Waals surface area contributed by atoms with Gasteiger partial charge >= 0.3 is 0 Å². The highest BCUT2D eigenvalue weighted by molar-refractivity contribution is 9.10. The number of aromatic nitrogens is 1. The molecule has 1 aromatic carbocycles. The largest absolute Gasteiger partial charge is 0.321 e. The van der Waals surface area contributed by atoms with Crippen LogP contribution in [0.5, 0.6) is 0 Å². The minimum Gasteiger partial charge on any atom is -0.321 e. The van der Waals surface area contributed by atoms with E-state index in [1.54, 1.807) is 12.1 Å². The van der Waals surface area contributed by atoms with Gasteiger partial charge in [0.05, 0.1) is 9.50 Å². The maximum Gasteiger partial charge on any atom is 0.274 e. The van der Waals surface area contributed by atoms with Crippen LogP contribution in [0.2, 0.25) is 5.02 Å². The van der Waals surface area contributed by atoms with E-state index in [2.05, 4.69) is 26.2 Å². The zero-order chi connectivity index (χ0) is 13.1. The Balaban J connectivity index is 2.16. The van der Waals surface area contributed by atoms with Gasteiger partial charge in [-0.15, -0.1) is 0 Å². The van der Waals surface area contributed by atoms with Crippen LogP contribution >= 0.6 is 27.5 Å². The summed E-state index contributed by atoms with van der Waals surface area (Å²) in [5, 5.41) is 2.99. The second kappa shape index (κ2) is 5.46. The normalized spacial score (nSPS) is 10.2. The lowest BCUT2D eigenvalue weighted by Gasteiger charge is -2.05. The molecule has 0 aliphatic carbocycles. The Morgan fingerprint density at radius 1 is 1.33 bits per heavy atom. The Labute approximate surface area is 116 Å². The van der Waals surface area contributed by atoms with Crippen molar-refractivity contribution in [2.75, 3.05) is 5.32 Å². The molecule has 92 valence electrons. The number of carbonyl (C=O) groups excluding carboxylic acids is 1. The predicted molar refractivity (Wildman–Crippen MR) is 71.3 cm³/mol. The first-order chi connectivity index (χ1) is 8.56. The van der Waals surface area contributed by atoms with Crippen molar-refractivity contribution >= 4 is 39.1 Å². The minimum atomic E-state index is -0.447. The quantitative estimate of drug-likeness (QED) is 0.908. The van der Waals surface area contributed by atoms with E-state index in [4.69, 9.17) is 11.6 Å². The fourth-order valence-corrected chi connectivity index (χ4v) is 1.64. The molecular formula is C12H7BrClFN2O. The summed E-state index contributed by atoms with van der Waals surface area (Å²) in [5.74, 6) is -0.870. The summed E-state index contributed by atoms with van der Waals surface area (Å²) in [6.45, 7) is 0. The maximum absolute atomic E-state index is 13.3. The molecule has 0 saturated carbocycles. The van der Waals surface area contributed by atoms with E-state index in [9.17, 15) is 9.18 Å². The van der Waals surface area contributed by atoms with E-state index in [-0.39, 0.29) is 5.69 Å². The Bertz CT molecular complexity index is 589. The molecule has 0 aliphatic heterocycles. The molecule has 0 atom stereocenters. The van der Waals surface area contributed by atoms with Crippen LogP contribution in [0.1, 0.15) is 10.5 Å². The van der Waals surface area contributed by atoms with Crippen LogP contribution in [0.25, 0.3) is 0 Å². The van der Waals surface area contributed by atoms with Gasteiger partial charge in [0.1, 0.15) is 11.5 Å². The van der Waals surface area contributed by atoms with Crippen LogP contribution in [0.15, 0.2) is 41.0 Å². The van der Waals surface area contributed by atoms with Gasteiger partial charge in [0.25, 0.3) is 5.91 Å². The molecule has 2 aromatic rings. The molecule has 2 rings (SSSR count). The highest BCUT2D eigenvalue weighted by Gasteiger charge is 2.08. The number of rotatable bonds is 2. The lowest BCUT2D eigenvalue weighted by molar-refractivity contribution is 0.102. The number of amides is 1. The predicted octanol–water partition coefficient (Wildman–Crippen LogP) is 3.89. The van der Waals surface area contributed by atoms with Gasteiger partial charge in [-0.25, -0.2) is 9.37 Å². The molecule has 1 N–H and O–H groups in total. The van der Waals surface area contributed by atoms with Crippen molar-refractivity contribution in [1.82, 2.24) is 4.98 Å². The molecular weight excluding hydrogens is 322 g/mol. The first-order valence-corrected chi connectivity index (χ1v) is 6.11. The van der Waals surface area contributed by atoms with Crippen LogP contribution in [-0.2, 0) is 0 Å². The third-order valence-electron chi connectivity index (χ3n) is 2.14. The van der Waals surface area contributed by atoms with E-state index >= 15 is 0 Å². The van der Waals surface area contributed by atoms with E-state index in [0.717, 1.165) is 0 Å². The molecule has 0 spiro atoms. The molecule has 3 nitrogen and oxygen atoms in total. The topological polar surface area (TPSA) is 42.0 Å². The van der Waals surface area contributed by atoms with Crippen LogP contribution in [-0.4, -0.2) is 10.9 Å². The summed E-state index contributed by atoms with van der Waals surface area (Å²) in [5.41, 5.74) is 0.570. The van der Waals surface area contributed by atoms with Gasteiger partial charge in [-0.3, -0.25) is 4.79 Å². The lowest BCUT2D eigenvalue weighted by Crippen LogP contribution is -2.13. The van der Waals surface area contributed by atoms with E-state index < -0.39 is 11.7 Å². The van der Waals surface area contributed by atoms with Crippen molar-refractivity contribution in [1.29, 1.82) is 0 Å². The summed E-state index contributed by atoms with van der Waals surface area (Å²) < 4.78 is 13.6. The highest BCUT2D eigenvalue weighted by Crippen LogP contribution is 2.19. The molecule has 0 bridgehead atoms. The van der Waals surface area contributed by atoms with Crippen LogP contribution in [0.4, 0.5) is 10.1 Å². The van der Waals surface area contributed by atoms with E-state index in [1.165, 1.54) is 24.4 Å². The highest BCUT2D eigenvalue weighted by atomic mass is 79.9. The molecule has 1 heterocycles. The summed E-state index contributed by atoms with van der Waals surface area (Å²) in [7, 11) is 0. The number of anilines is 1. The first-order valence-electron chi connectivity index (χ1n) is 4.94. The van der Waals surface area contributed by atoms with Gasteiger partial charge in [0.15, 0.2) is 0 Å². The molecule has 0 radical (unpaired) electrons. The summed E-state index contributed by atoms with van der Waals surface area (Å²) >= 11 is 8.70. The van der Waals surface area contributed by atoms with Gasteiger partial charge in [-0.2, -0.15) is 0 Å². The number of halogens is 3. The van der Waals surface area contributed by atoms with E-state index in [1.807, 2.05) is 0 Å².